The van der Waals surface area contributed by atoms with Gasteiger partial charge in [-0.2, -0.15) is 0 Å². The minimum absolute atomic E-state index is 0.00797. The molecule has 2 aliphatic rings. The lowest BCUT2D eigenvalue weighted by Crippen LogP contribution is -2.54. The largest absolute Gasteiger partial charge is 0.459 e. The molecule has 0 aromatic carbocycles. The second-order valence-electron chi connectivity index (χ2n) is 5.83. The van der Waals surface area contributed by atoms with Gasteiger partial charge in [0.1, 0.15) is 0 Å². The lowest BCUT2D eigenvalue weighted by atomic mass is 10.2. The Morgan fingerprint density at radius 2 is 2.17 bits per heavy atom. The quantitative estimate of drug-likeness (QED) is 0.844. The number of hydrogen-bond acceptors (Lipinski definition) is 4. The van der Waals surface area contributed by atoms with Crippen molar-refractivity contribution < 1.29 is 18.8 Å². The number of likely N-dealkylation sites (N-methyl/N-ethyl adjacent to an activating group) is 1. The van der Waals surface area contributed by atoms with Crippen molar-refractivity contribution in [3.63, 3.8) is 0 Å². The molecule has 124 valence electrons. The first-order chi connectivity index (χ1) is 11.1. The molecular weight excluding hydrogens is 300 g/mol. The molecule has 3 heterocycles. The monoisotopic (exact) mass is 320 g/mol. The van der Waals surface area contributed by atoms with Crippen LogP contribution in [0.25, 0.3) is 0 Å². The Balaban J connectivity index is 1.44. The van der Waals surface area contributed by atoms with Crippen molar-refractivity contribution >= 4 is 17.8 Å². The third-order valence-electron chi connectivity index (χ3n) is 4.26. The molecule has 1 unspecified atom stereocenters. The van der Waals surface area contributed by atoms with E-state index in [4.69, 9.17) is 4.42 Å². The Bertz CT molecular complexity index is 601. The maximum atomic E-state index is 12.3. The molecule has 1 aromatic heterocycles. The summed E-state index contributed by atoms with van der Waals surface area (Å²) in [5.41, 5.74) is 0. The first-order valence-corrected chi connectivity index (χ1v) is 7.67. The van der Waals surface area contributed by atoms with E-state index in [1.54, 1.807) is 29.0 Å². The highest BCUT2D eigenvalue weighted by atomic mass is 16.3. The van der Waals surface area contributed by atoms with Gasteiger partial charge in [0.15, 0.2) is 5.76 Å². The minimum Gasteiger partial charge on any atom is -0.459 e. The highest BCUT2D eigenvalue weighted by Gasteiger charge is 2.39. The Labute approximate surface area is 134 Å². The fraction of sp³-hybridized carbons (Fsp3) is 0.533. The number of fused-ring (bicyclic) bond motifs is 1. The summed E-state index contributed by atoms with van der Waals surface area (Å²) < 4.78 is 4.99. The van der Waals surface area contributed by atoms with Crippen molar-refractivity contribution in [3.05, 3.63) is 24.2 Å². The van der Waals surface area contributed by atoms with Crippen molar-refractivity contribution in [1.29, 1.82) is 0 Å². The molecule has 4 amide bonds. The highest BCUT2D eigenvalue weighted by Crippen LogP contribution is 2.19. The van der Waals surface area contributed by atoms with Crippen LogP contribution in [0.4, 0.5) is 4.79 Å². The summed E-state index contributed by atoms with van der Waals surface area (Å²) in [4.78, 5) is 41.1. The van der Waals surface area contributed by atoms with E-state index in [0.717, 1.165) is 0 Å². The second kappa shape index (κ2) is 6.31. The normalized spacial score (nSPS) is 20.7. The zero-order valence-electron chi connectivity index (χ0n) is 13.0. The van der Waals surface area contributed by atoms with Crippen molar-refractivity contribution in [2.45, 2.75) is 12.5 Å². The predicted molar refractivity (Wildman–Crippen MR) is 80.8 cm³/mol. The van der Waals surface area contributed by atoms with Gasteiger partial charge in [0, 0.05) is 46.2 Å². The van der Waals surface area contributed by atoms with Crippen LogP contribution in [-0.4, -0.2) is 78.4 Å². The summed E-state index contributed by atoms with van der Waals surface area (Å²) in [6.45, 7) is 2.58. The van der Waals surface area contributed by atoms with Gasteiger partial charge in [-0.1, -0.05) is 0 Å². The van der Waals surface area contributed by atoms with E-state index in [0.29, 0.717) is 26.2 Å². The van der Waals surface area contributed by atoms with E-state index < -0.39 is 0 Å². The molecule has 23 heavy (non-hydrogen) atoms. The molecule has 8 nitrogen and oxygen atoms in total. The number of carbonyl (C=O) groups excluding carboxylic acids is 3. The van der Waals surface area contributed by atoms with E-state index in [1.807, 2.05) is 4.90 Å². The van der Waals surface area contributed by atoms with E-state index in [2.05, 4.69) is 5.32 Å². The molecule has 0 bridgehead atoms. The standard InChI is InChI=1S/C15H20N4O4/c1-17-9-11-10-18(6-7-19(11)15(17)22)13(20)4-5-16-14(21)12-3-2-8-23-12/h2-3,8,11H,4-7,9-10H2,1H3,(H,16,21). The van der Waals surface area contributed by atoms with Crippen molar-refractivity contribution in [1.82, 2.24) is 20.0 Å². The van der Waals surface area contributed by atoms with Gasteiger partial charge in [-0.3, -0.25) is 9.59 Å². The second-order valence-corrected chi connectivity index (χ2v) is 5.83. The topological polar surface area (TPSA) is 86.1 Å². The maximum absolute atomic E-state index is 12.3. The van der Waals surface area contributed by atoms with Crippen LogP contribution in [-0.2, 0) is 4.79 Å². The summed E-state index contributed by atoms with van der Waals surface area (Å²) in [5, 5.41) is 2.66. The Morgan fingerprint density at radius 3 is 2.91 bits per heavy atom. The fourth-order valence-electron chi connectivity index (χ4n) is 3.04. The van der Waals surface area contributed by atoms with Crippen LogP contribution in [0.3, 0.4) is 0 Å². The number of nitrogens with zero attached hydrogens (tertiary/aromatic N) is 3. The number of furan rings is 1. The zero-order valence-corrected chi connectivity index (χ0v) is 13.0. The summed E-state index contributed by atoms with van der Waals surface area (Å²) in [5.74, 6) is -0.0967. The number of hydrogen-bond donors (Lipinski definition) is 1. The molecule has 0 spiro atoms. The third kappa shape index (κ3) is 3.15. The first kappa shape index (κ1) is 15.4. The summed E-state index contributed by atoms with van der Waals surface area (Å²) in [7, 11) is 1.77. The Hall–Kier alpha value is -2.51. The average Bonchev–Trinajstić information content (AvgIpc) is 3.16. The van der Waals surface area contributed by atoms with Gasteiger partial charge in [-0.15, -0.1) is 0 Å². The summed E-state index contributed by atoms with van der Waals surface area (Å²) >= 11 is 0. The zero-order chi connectivity index (χ0) is 16.4. The fourth-order valence-corrected chi connectivity index (χ4v) is 3.04. The van der Waals surface area contributed by atoms with Crippen LogP contribution in [0.15, 0.2) is 22.8 Å². The van der Waals surface area contributed by atoms with Crippen molar-refractivity contribution in [2.75, 3.05) is 39.8 Å². The van der Waals surface area contributed by atoms with Crippen LogP contribution < -0.4 is 5.32 Å². The van der Waals surface area contributed by atoms with E-state index >= 15 is 0 Å². The predicted octanol–water partition coefficient (Wildman–Crippen LogP) is -0.0223. The maximum Gasteiger partial charge on any atom is 0.320 e. The number of nitrogens with one attached hydrogen (secondary N) is 1. The van der Waals surface area contributed by atoms with Gasteiger partial charge in [0.05, 0.1) is 12.3 Å². The molecule has 0 radical (unpaired) electrons. The number of urea groups is 1. The molecule has 0 saturated carbocycles. The number of piperazine rings is 1. The van der Waals surface area contributed by atoms with Crippen LogP contribution in [0, 0.1) is 0 Å². The molecule has 1 N–H and O–H groups in total. The van der Waals surface area contributed by atoms with Gasteiger partial charge >= 0.3 is 6.03 Å². The smallest absolute Gasteiger partial charge is 0.320 e. The van der Waals surface area contributed by atoms with E-state index in [-0.39, 0.29) is 42.6 Å². The Morgan fingerprint density at radius 1 is 1.35 bits per heavy atom. The lowest BCUT2D eigenvalue weighted by molar-refractivity contribution is -0.133. The Kier molecular flexibility index (Phi) is 4.22. The van der Waals surface area contributed by atoms with Crippen LogP contribution in [0.5, 0.6) is 0 Å². The van der Waals surface area contributed by atoms with Gasteiger partial charge in [0.2, 0.25) is 5.91 Å². The van der Waals surface area contributed by atoms with Crippen LogP contribution in [0.2, 0.25) is 0 Å². The molecule has 1 aromatic rings. The molecule has 3 rings (SSSR count). The first-order valence-electron chi connectivity index (χ1n) is 7.67. The van der Waals surface area contributed by atoms with Crippen molar-refractivity contribution in [3.8, 4) is 0 Å². The molecule has 8 heteroatoms. The summed E-state index contributed by atoms with van der Waals surface area (Å²) in [6, 6.07) is 3.32. The lowest BCUT2D eigenvalue weighted by Gasteiger charge is -2.36. The number of amides is 4. The van der Waals surface area contributed by atoms with E-state index in [9.17, 15) is 14.4 Å². The molecule has 0 aliphatic carbocycles. The van der Waals surface area contributed by atoms with Crippen molar-refractivity contribution in [2.24, 2.45) is 0 Å². The number of carbonyl (C=O) groups is 3. The highest BCUT2D eigenvalue weighted by molar-refractivity contribution is 5.91. The van der Waals surface area contributed by atoms with Gasteiger partial charge in [0.25, 0.3) is 5.91 Å². The molecule has 1 atom stereocenters. The third-order valence-corrected chi connectivity index (χ3v) is 4.26. The van der Waals surface area contributed by atoms with E-state index in [1.165, 1.54) is 6.26 Å². The minimum atomic E-state index is -0.323. The molecule has 2 saturated heterocycles. The molecular formula is C15H20N4O4. The van der Waals surface area contributed by atoms with Gasteiger partial charge < -0.3 is 24.4 Å². The average molecular weight is 320 g/mol. The van der Waals surface area contributed by atoms with Gasteiger partial charge in [-0.05, 0) is 12.1 Å². The van der Waals surface area contributed by atoms with Crippen LogP contribution >= 0.6 is 0 Å². The SMILES string of the molecule is CN1CC2CN(C(=O)CCNC(=O)c3ccco3)CCN2C1=O. The molecule has 2 aliphatic heterocycles. The van der Waals surface area contributed by atoms with Crippen LogP contribution in [0.1, 0.15) is 17.0 Å². The summed E-state index contributed by atoms with van der Waals surface area (Å²) in [6.07, 6.45) is 1.67. The molecule has 2 fully saturated rings. The van der Waals surface area contributed by atoms with Gasteiger partial charge in [-0.25, -0.2) is 4.79 Å². The number of rotatable bonds is 4.